The van der Waals surface area contributed by atoms with E-state index in [4.69, 9.17) is 28.3 Å². The second kappa shape index (κ2) is 11.0. The van der Waals surface area contributed by atoms with Crippen molar-refractivity contribution in [1.82, 2.24) is 20.4 Å². The van der Waals surface area contributed by atoms with Crippen LogP contribution in [0.15, 0.2) is 18.2 Å². The number of halogens is 2. The fraction of sp³-hybridized carbons (Fsp3) is 0.583. The molecule has 0 bridgehead atoms. The highest BCUT2D eigenvalue weighted by atomic mass is 35.5. The summed E-state index contributed by atoms with van der Waals surface area (Å²) < 4.78 is 0. The van der Waals surface area contributed by atoms with Crippen molar-refractivity contribution in [2.24, 2.45) is 17.8 Å². The third-order valence-corrected chi connectivity index (χ3v) is 8.15. The van der Waals surface area contributed by atoms with Gasteiger partial charge in [-0.15, -0.1) is 0 Å². The van der Waals surface area contributed by atoms with Crippen LogP contribution in [0.4, 0.5) is 4.79 Å². The maximum absolute atomic E-state index is 13.4. The van der Waals surface area contributed by atoms with Crippen LogP contribution in [0.3, 0.4) is 0 Å². The second-order valence-corrected chi connectivity index (χ2v) is 10.4. The number of benzene rings is 1. The maximum atomic E-state index is 13.4. The van der Waals surface area contributed by atoms with Crippen molar-refractivity contribution in [2.45, 2.75) is 31.6 Å². The van der Waals surface area contributed by atoms with E-state index in [-0.39, 0.29) is 47.9 Å². The highest BCUT2D eigenvalue weighted by molar-refractivity contribution is 6.42. The fourth-order valence-electron chi connectivity index (χ4n) is 5.40. The quantitative estimate of drug-likeness (QED) is 0.546. The molecule has 4 amide bonds. The standard InChI is InChI=1S/C24H30Cl2N4O5/c25-19-3-1-15(9-20(19)26)18-13-30(12-17(18)11-28-24(34)35)22(32)14-5-7-29(8-6-14)23(33)16-2-4-21(31)27-10-16/h1,3,9,14,16-18,28H,2,4-8,10-13H2,(H,27,31)(H,34,35)/t16?,17-,18-/m0/s1. The van der Waals surface area contributed by atoms with Gasteiger partial charge in [0.05, 0.1) is 16.0 Å². The van der Waals surface area contributed by atoms with Gasteiger partial charge in [-0.1, -0.05) is 29.3 Å². The zero-order chi connectivity index (χ0) is 25.1. The average molecular weight is 525 g/mol. The Morgan fingerprint density at radius 1 is 1.00 bits per heavy atom. The van der Waals surface area contributed by atoms with Crippen LogP contribution in [0.25, 0.3) is 0 Å². The van der Waals surface area contributed by atoms with Gasteiger partial charge in [0.25, 0.3) is 0 Å². The Balaban J connectivity index is 1.37. The van der Waals surface area contributed by atoms with Gasteiger partial charge in [0.1, 0.15) is 0 Å². The number of carboxylic acid groups (broad SMARTS) is 1. The number of hydrogen-bond acceptors (Lipinski definition) is 4. The largest absolute Gasteiger partial charge is 0.465 e. The molecular weight excluding hydrogens is 495 g/mol. The van der Waals surface area contributed by atoms with E-state index >= 15 is 0 Å². The van der Waals surface area contributed by atoms with E-state index in [0.717, 1.165) is 5.56 Å². The SMILES string of the molecule is O=C(O)NC[C@H]1CN(C(=O)C2CCN(C(=O)C3CCC(=O)NC3)CC2)C[C@H]1c1ccc(Cl)c(Cl)c1. The monoisotopic (exact) mass is 524 g/mol. The number of hydrogen-bond donors (Lipinski definition) is 3. The molecule has 0 saturated carbocycles. The van der Waals surface area contributed by atoms with E-state index in [1.807, 2.05) is 15.9 Å². The summed E-state index contributed by atoms with van der Waals surface area (Å²) in [4.78, 5) is 52.3. The third-order valence-electron chi connectivity index (χ3n) is 7.41. The molecule has 0 spiro atoms. The van der Waals surface area contributed by atoms with Crippen LogP contribution in [0.5, 0.6) is 0 Å². The van der Waals surface area contributed by atoms with Gasteiger partial charge in [0.2, 0.25) is 17.7 Å². The van der Waals surface area contributed by atoms with Crippen molar-refractivity contribution in [3.05, 3.63) is 33.8 Å². The fourth-order valence-corrected chi connectivity index (χ4v) is 5.71. The lowest BCUT2D eigenvalue weighted by Gasteiger charge is -2.35. The third kappa shape index (κ3) is 6.01. The molecule has 3 fully saturated rings. The van der Waals surface area contributed by atoms with Crippen molar-refractivity contribution in [1.29, 1.82) is 0 Å². The predicted molar refractivity (Wildman–Crippen MR) is 130 cm³/mol. The molecular formula is C24H30Cl2N4O5. The van der Waals surface area contributed by atoms with Crippen LogP contribution in [-0.4, -0.2) is 78.0 Å². The summed E-state index contributed by atoms with van der Waals surface area (Å²) in [6.07, 6.45) is 1.03. The zero-order valence-electron chi connectivity index (χ0n) is 19.3. The number of amides is 4. The van der Waals surface area contributed by atoms with E-state index in [2.05, 4.69) is 10.6 Å². The Bertz CT molecular complexity index is 988. The van der Waals surface area contributed by atoms with Gasteiger partial charge in [-0.05, 0) is 37.0 Å². The van der Waals surface area contributed by atoms with Gasteiger partial charge >= 0.3 is 6.09 Å². The smallest absolute Gasteiger partial charge is 0.404 e. The topological polar surface area (TPSA) is 119 Å². The van der Waals surface area contributed by atoms with E-state index in [1.54, 1.807) is 12.1 Å². The molecule has 4 rings (SSSR count). The summed E-state index contributed by atoms with van der Waals surface area (Å²) in [6, 6.07) is 5.38. The molecule has 3 aliphatic heterocycles. The highest BCUT2D eigenvalue weighted by Gasteiger charge is 2.40. The molecule has 3 heterocycles. The summed E-state index contributed by atoms with van der Waals surface area (Å²) in [5.41, 5.74) is 0.923. The molecule has 0 aliphatic carbocycles. The lowest BCUT2D eigenvalue weighted by molar-refractivity contribution is -0.143. The second-order valence-electron chi connectivity index (χ2n) is 9.61. The van der Waals surface area contributed by atoms with Gasteiger partial charge in [0.15, 0.2) is 0 Å². The number of piperidine rings is 2. The number of carbonyl (C=O) groups is 4. The van der Waals surface area contributed by atoms with Crippen molar-refractivity contribution in [3.8, 4) is 0 Å². The average Bonchev–Trinajstić information content (AvgIpc) is 3.28. The Morgan fingerprint density at radius 3 is 2.34 bits per heavy atom. The van der Waals surface area contributed by atoms with Crippen LogP contribution in [0, 0.1) is 17.8 Å². The van der Waals surface area contributed by atoms with Crippen molar-refractivity contribution in [3.63, 3.8) is 0 Å². The lowest BCUT2D eigenvalue weighted by Crippen LogP contribution is -2.49. The normalized spacial score (nSPS) is 25.3. The first-order valence-electron chi connectivity index (χ1n) is 12.0. The number of likely N-dealkylation sites (tertiary alicyclic amines) is 2. The molecule has 3 saturated heterocycles. The molecule has 1 aromatic rings. The van der Waals surface area contributed by atoms with E-state index < -0.39 is 6.09 Å². The molecule has 190 valence electrons. The summed E-state index contributed by atoms with van der Waals surface area (Å²) >= 11 is 12.3. The first-order valence-corrected chi connectivity index (χ1v) is 12.7. The van der Waals surface area contributed by atoms with Gasteiger partial charge < -0.3 is 25.5 Å². The van der Waals surface area contributed by atoms with Crippen LogP contribution in [0.2, 0.25) is 10.0 Å². The molecule has 3 N–H and O–H groups in total. The van der Waals surface area contributed by atoms with Crippen LogP contribution in [0.1, 0.15) is 37.2 Å². The molecule has 1 unspecified atom stereocenters. The van der Waals surface area contributed by atoms with Crippen LogP contribution in [-0.2, 0) is 14.4 Å². The Morgan fingerprint density at radius 2 is 1.71 bits per heavy atom. The molecule has 35 heavy (non-hydrogen) atoms. The van der Waals surface area contributed by atoms with E-state index in [1.165, 1.54) is 0 Å². The predicted octanol–water partition coefficient (Wildman–Crippen LogP) is 2.57. The highest BCUT2D eigenvalue weighted by Crippen LogP contribution is 2.36. The Kier molecular flexibility index (Phi) is 8.06. The molecule has 11 heteroatoms. The van der Waals surface area contributed by atoms with Crippen molar-refractivity contribution >= 4 is 47.0 Å². The summed E-state index contributed by atoms with van der Waals surface area (Å²) in [5, 5.41) is 15.2. The van der Waals surface area contributed by atoms with Crippen LogP contribution < -0.4 is 10.6 Å². The molecule has 9 nitrogen and oxygen atoms in total. The van der Waals surface area contributed by atoms with Crippen molar-refractivity contribution in [2.75, 3.05) is 39.3 Å². The minimum Gasteiger partial charge on any atom is -0.465 e. The van der Waals surface area contributed by atoms with Crippen LogP contribution >= 0.6 is 23.2 Å². The first kappa shape index (κ1) is 25.6. The molecule has 3 atom stereocenters. The van der Waals surface area contributed by atoms with E-state index in [9.17, 15) is 19.2 Å². The Hall–Kier alpha value is -2.52. The first-order chi connectivity index (χ1) is 16.7. The summed E-state index contributed by atoms with van der Waals surface area (Å²) in [6.45, 7) is 2.58. The van der Waals surface area contributed by atoms with Gasteiger partial charge in [-0.25, -0.2) is 4.79 Å². The maximum Gasteiger partial charge on any atom is 0.404 e. The molecule has 0 radical (unpaired) electrons. The van der Waals surface area contributed by atoms with Gasteiger partial charge in [0, 0.05) is 63.4 Å². The Labute approximate surface area is 214 Å². The molecule has 1 aromatic carbocycles. The van der Waals surface area contributed by atoms with Crippen molar-refractivity contribution < 1.29 is 24.3 Å². The van der Waals surface area contributed by atoms with Gasteiger partial charge in [-0.3, -0.25) is 14.4 Å². The molecule has 0 aromatic heterocycles. The number of rotatable bonds is 5. The summed E-state index contributed by atoms with van der Waals surface area (Å²) in [5.74, 6) is -0.431. The number of carbonyl (C=O) groups excluding carboxylic acids is 3. The minimum atomic E-state index is -1.10. The number of nitrogens with one attached hydrogen (secondary N) is 2. The minimum absolute atomic E-state index is 0.0139. The lowest BCUT2D eigenvalue weighted by atomic mass is 9.89. The number of nitrogens with zero attached hydrogens (tertiary/aromatic N) is 2. The van der Waals surface area contributed by atoms with Gasteiger partial charge in [-0.2, -0.15) is 0 Å². The zero-order valence-corrected chi connectivity index (χ0v) is 20.9. The summed E-state index contributed by atoms with van der Waals surface area (Å²) in [7, 11) is 0. The molecule has 3 aliphatic rings. The van der Waals surface area contributed by atoms with E-state index in [0.29, 0.717) is 68.5 Å².